The first kappa shape index (κ1) is 14.0. The third kappa shape index (κ3) is 2.93. The van der Waals surface area contributed by atoms with E-state index in [1.807, 2.05) is 13.8 Å². The van der Waals surface area contributed by atoms with Crippen LogP contribution in [0.3, 0.4) is 0 Å². The fourth-order valence-corrected chi connectivity index (χ4v) is 1.83. The Morgan fingerprint density at radius 1 is 1.25 bits per heavy atom. The number of allylic oxidation sites excluding steroid dienone is 4. The summed E-state index contributed by atoms with van der Waals surface area (Å²) in [7, 11) is 0. The minimum atomic E-state index is -0.591. The van der Waals surface area contributed by atoms with Crippen molar-refractivity contribution in [1.82, 2.24) is 4.57 Å². The molecule has 104 valence electrons. The van der Waals surface area contributed by atoms with Crippen molar-refractivity contribution < 1.29 is 14.4 Å². The zero-order valence-electron chi connectivity index (χ0n) is 11.7. The van der Waals surface area contributed by atoms with Gasteiger partial charge in [-0.25, -0.2) is 4.79 Å². The lowest BCUT2D eigenvalue weighted by Crippen LogP contribution is -2.17. The molecule has 0 N–H and O–H groups in total. The van der Waals surface area contributed by atoms with Gasteiger partial charge in [-0.2, -0.15) is 0 Å². The third-order valence-electron chi connectivity index (χ3n) is 2.99. The number of hydrogen-bond donors (Lipinski definition) is 0. The van der Waals surface area contributed by atoms with Gasteiger partial charge in [-0.05, 0) is 42.7 Å². The highest BCUT2D eigenvalue weighted by Gasteiger charge is 2.19. The first-order valence-corrected chi connectivity index (χ1v) is 6.36. The molecule has 0 fully saturated rings. The van der Waals surface area contributed by atoms with Crippen molar-refractivity contribution in [3.63, 3.8) is 0 Å². The van der Waals surface area contributed by atoms with Gasteiger partial charge in [0.2, 0.25) is 0 Å². The summed E-state index contributed by atoms with van der Waals surface area (Å²) in [4.78, 5) is 28.3. The second-order valence-corrected chi connectivity index (χ2v) is 4.87. The van der Waals surface area contributed by atoms with Crippen molar-refractivity contribution in [2.45, 2.75) is 20.8 Å². The van der Waals surface area contributed by atoms with E-state index in [4.69, 9.17) is 4.84 Å². The molecule has 1 aliphatic carbocycles. The highest BCUT2D eigenvalue weighted by atomic mass is 16.7. The molecule has 5 nitrogen and oxygen atoms in total. The van der Waals surface area contributed by atoms with Crippen LogP contribution in [0.5, 0.6) is 0 Å². The van der Waals surface area contributed by atoms with Crippen LogP contribution in [0.2, 0.25) is 0 Å². The van der Waals surface area contributed by atoms with Gasteiger partial charge in [0, 0.05) is 18.0 Å². The Balaban J connectivity index is 2.18. The lowest BCUT2D eigenvalue weighted by molar-refractivity contribution is -0.111. The summed E-state index contributed by atoms with van der Waals surface area (Å²) in [5.74, 6) is 0.0744. The zero-order chi connectivity index (χ0) is 14.7. The summed E-state index contributed by atoms with van der Waals surface area (Å²) in [6.07, 6.45) is 5.74. The average Bonchev–Trinajstić information content (AvgIpc) is 2.90. The molecule has 0 atom stereocenters. The zero-order valence-corrected chi connectivity index (χ0v) is 11.7. The van der Waals surface area contributed by atoms with E-state index in [1.165, 1.54) is 10.6 Å². The molecule has 0 radical (unpaired) electrons. The van der Waals surface area contributed by atoms with Crippen molar-refractivity contribution in [2.75, 3.05) is 0 Å². The summed E-state index contributed by atoms with van der Waals surface area (Å²) < 4.78 is 1.28. The van der Waals surface area contributed by atoms with Crippen LogP contribution in [-0.2, 0) is 9.63 Å². The van der Waals surface area contributed by atoms with Gasteiger partial charge in [0.25, 0.3) is 0 Å². The van der Waals surface area contributed by atoms with Crippen LogP contribution in [0.1, 0.15) is 20.8 Å². The quantitative estimate of drug-likeness (QED) is 0.472. The largest absolute Gasteiger partial charge is 0.444 e. The van der Waals surface area contributed by atoms with Crippen LogP contribution < -0.4 is 0 Å². The summed E-state index contributed by atoms with van der Waals surface area (Å²) in [6, 6.07) is 3.44. The van der Waals surface area contributed by atoms with E-state index in [1.54, 1.807) is 37.5 Å². The normalized spacial score (nSPS) is 17.2. The Kier molecular flexibility index (Phi) is 3.98. The molecule has 5 heteroatoms. The number of aromatic nitrogens is 1. The molecule has 0 aliphatic heterocycles. The van der Waals surface area contributed by atoms with Crippen molar-refractivity contribution in [3.05, 3.63) is 47.8 Å². The molecule has 0 bridgehead atoms. The van der Waals surface area contributed by atoms with E-state index >= 15 is 0 Å². The molecule has 0 saturated carbocycles. The van der Waals surface area contributed by atoms with E-state index in [-0.39, 0.29) is 11.7 Å². The van der Waals surface area contributed by atoms with E-state index < -0.39 is 6.09 Å². The monoisotopic (exact) mass is 272 g/mol. The highest BCUT2D eigenvalue weighted by Crippen LogP contribution is 2.19. The predicted octanol–water partition coefficient (Wildman–Crippen LogP) is 2.94. The van der Waals surface area contributed by atoms with Crippen LogP contribution in [-0.4, -0.2) is 22.2 Å². The van der Waals surface area contributed by atoms with Gasteiger partial charge in [0.1, 0.15) is 5.71 Å². The molecule has 0 aromatic carbocycles. The van der Waals surface area contributed by atoms with Crippen LogP contribution in [0, 0.1) is 5.92 Å². The lowest BCUT2D eigenvalue weighted by Gasteiger charge is -2.14. The number of oxime groups is 1. The molecule has 1 aliphatic rings. The lowest BCUT2D eigenvalue weighted by atomic mass is 9.90. The molecule has 1 heterocycles. The van der Waals surface area contributed by atoms with Gasteiger partial charge < -0.3 is 0 Å². The van der Waals surface area contributed by atoms with Crippen LogP contribution in [0.25, 0.3) is 0 Å². The van der Waals surface area contributed by atoms with E-state index in [9.17, 15) is 9.59 Å². The first-order chi connectivity index (χ1) is 9.49. The second kappa shape index (κ2) is 5.69. The molecule has 1 aromatic heterocycles. The number of hydrogen-bond acceptors (Lipinski definition) is 4. The van der Waals surface area contributed by atoms with E-state index in [0.717, 1.165) is 0 Å². The van der Waals surface area contributed by atoms with Crippen molar-refractivity contribution >= 4 is 17.6 Å². The Labute approximate surface area is 117 Å². The standard InChI is InChI=1S/C15H16N2O3/c1-10(2)12-9-13(11(3)8-14(12)18)16-20-15(19)17-6-4-5-7-17/h4-10H,1-3H3/b16-13-. The molecular formula is C15H16N2O3. The second-order valence-electron chi connectivity index (χ2n) is 4.87. The smallest absolute Gasteiger partial charge is 0.297 e. The van der Waals surface area contributed by atoms with Crippen molar-refractivity contribution in [3.8, 4) is 0 Å². The highest BCUT2D eigenvalue weighted by molar-refractivity contribution is 6.21. The number of carbonyl (C=O) groups excluding carboxylic acids is 2. The molecule has 20 heavy (non-hydrogen) atoms. The molecule has 1 aromatic rings. The molecule has 0 saturated heterocycles. The number of nitrogens with zero attached hydrogens (tertiary/aromatic N) is 2. The maximum atomic E-state index is 11.8. The van der Waals surface area contributed by atoms with Gasteiger partial charge in [-0.15, -0.1) is 0 Å². The Bertz CT molecular complexity index is 620. The van der Waals surface area contributed by atoms with Gasteiger partial charge in [0.15, 0.2) is 5.78 Å². The van der Waals surface area contributed by atoms with Crippen LogP contribution in [0.15, 0.2) is 53.0 Å². The summed E-state index contributed by atoms with van der Waals surface area (Å²) in [6.45, 7) is 5.62. The Morgan fingerprint density at radius 2 is 1.90 bits per heavy atom. The molecular weight excluding hydrogens is 256 g/mol. The third-order valence-corrected chi connectivity index (χ3v) is 2.99. The maximum Gasteiger partial charge on any atom is 0.444 e. The average molecular weight is 272 g/mol. The van der Waals surface area contributed by atoms with Gasteiger partial charge in [0.05, 0.1) is 0 Å². The summed E-state index contributed by atoms with van der Waals surface area (Å²) >= 11 is 0. The fraction of sp³-hybridized carbons (Fsp3) is 0.267. The maximum absolute atomic E-state index is 11.8. The number of carbonyl (C=O) groups is 2. The first-order valence-electron chi connectivity index (χ1n) is 6.36. The predicted molar refractivity (Wildman–Crippen MR) is 75.4 cm³/mol. The fourth-order valence-electron chi connectivity index (χ4n) is 1.83. The summed E-state index contributed by atoms with van der Waals surface area (Å²) in [5.41, 5.74) is 1.83. The van der Waals surface area contributed by atoms with Gasteiger partial charge in [-0.3, -0.25) is 14.2 Å². The topological polar surface area (TPSA) is 60.7 Å². The minimum Gasteiger partial charge on any atom is -0.297 e. The van der Waals surface area contributed by atoms with Crippen molar-refractivity contribution in [2.24, 2.45) is 11.1 Å². The van der Waals surface area contributed by atoms with Gasteiger partial charge in [-0.1, -0.05) is 19.0 Å². The SMILES string of the molecule is CC1=CC(=O)C(C(C)C)=C/C1=N/OC(=O)n1cccc1. The van der Waals surface area contributed by atoms with Crippen LogP contribution in [0.4, 0.5) is 4.79 Å². The van der Waals surface area contributed by atoms with E-state index in [2.05, 4.69) is 5.16 Å². The van der Waals surface area contributed by atoms with E-state index in [0.29, 0.717) is 16.9 Å². The molecule has 0 amide bonds. The Hall–Kier alpha value is -2.43. The van der Waals surface area contributed by atoms with Gasteiger partial charge >= 0.3 is 6.09 Å². The molecule has 2 rings (SSSR count). The molecule has 0 spiro atoms. The molecule has 0 unspecified atom stereocenters. The minimum absolute atomic E-state index is 0.0202. The van der Waals surface area contributed by atoms with Crippen LogP contribution >= 0.6 is 0 Å². The number of rotatable bonds is 2. The number of ketones is 1. The summed E-state index contributed by atoms with van der Waals surface area (Å²) in [5, 5.41) is 3.84. The Morgan fingerprint density at radius 3 is 2.50 bits per heavy atom. The van der Waals surface area contributed by atoms with Crippen molar-refractivity contribution in [1.29, 1.82) is 0 Å².